The maximum absolute atomic E-state index is 12.1. The van der Waals surface area contributed by atoms with Crippen LogP contribution in [0.2, 0.25) is 0 Å². The van der Waals surface area contributed by atoms with E-state index in [1.807, 2.05) is 30.3 Å². The van der Waals surface area contributed by atoms with E-state index in [-0.39, 0.29) is 11.8 Å². The third kappa shape index (κ3) is 5.83. The SMILES string of the molecule is CC(N)C(=O)NC(C)C(=O)NC(Cc1ccccc1)C(C)O. The van der Waals surface area contributed by atoms with Crippen molar-refractivity contribution in [2.75, 3.05) is 0 Å². The Morgan fingerprint density at radius 1 is 1.09 bits per heavy atom. The van der Waals surface area contributed by atoms with Gasteiger partial charge in [0.15, 0.2) is 0 Å². The molecule has 0 spiro atoms. The Morgan fingerprint density at radius 2 is 1.68 bits per heavy atom. The van der Waals surface area contributed by atoms with Crippen molar-refractivity contribution in [2.24, 2.45) is 5.73 Å². The van der Waals surface area contributed by atoms with E-state index in [0.29, 0.717) is 6.42 Å². The lowest BCUT2D eigenvalue weighted by Crippen LogP contribution is -2.53. The molecule has 1 aromatic rings. The third-order valence-electron chi connectivity index (χ3n) is 3.37. The molecular weight excluding hydrogens is 282 g/mol. The van der Waals surface area contributed by atoms with E-state index in [1.165, 1.54) is 0 Å². The highest BCUT2D eigenvalue weighted by Gasteiger charge is 2.23. The fourth-order valence-electron chi connectivity index (χ4n) is 1.93. The van der Waals surface area contributed by atoms with Crippen LogP contribution in [0.3, 0.4) is 0 Å². The summed E-state index contributed by atoms with van der Waals surface area (Å²) < 4.78 is 0. The molecule has 122 valence electrons. The molecule has 0 bridgehead atoms. The Balaban J connectivity index is 2.62. The first-order valence-corrected chi connectivity index (χ1v) is 7.39. The Morgan fingerprint density at radius 3 is 2.18 bits per heavy atom. The number of benzene rings is 1. The second-order valence-corrected chi connectivity index (χ2v) is 5.56. The maximum atomic E-state index is 12.1. The van der Waals surface area contributed by atoms with Gasteiger partial charge in [-0.15, -0.1) is 0 Å². The summed E-state index contributed by atoms with van der Waals surface area (Å²) in [5, 5.41) is 15.1. The highest BCUT2D eigenvalue weighted by atomic mass is 16.3. The largest absolute Gasteiger partial charge is 0.391 e. The normalized spacial score (nSPS) is 16.2. The topological polar surface area (TPSA) is 104 Å². The van der Waals surface area contributed by atoms with Gasteiger partial charge in [0, 0.05) is 0 Å². The zero-order valence-electron chi connectivity index (χ0n) is 13.2. The zero-order valence-corrected chi connectivity index (χ0v) is 13.2. The summed E-state index contributed by atoms with van der Waals surface area (Å²) in [7, 11) is 0. The number of rotatable bonds is 7. The van der Waals surface area contributed by atoms with Crippen LogP contribution in [0.15, 0.2) is 30.3 Å². The summed E-state index contributed by atoms with van der Waals surface area (Å²) in [5.74, 6) is -0.741. The van der Waals surface area contributed by atoms with E-state index in [9.17, 15) is 14.7 Å². The quantitative estimate of drug-likeness (QED) is 0.567. The van der Waals surface area contributed by atoms with Crippen LogP contribution in [-0.4, -0.2) is 41.2 Å². The first kappa shape index (κ1) is 18.1. The molecule has 4 atom stereocenters. The molecule has 0 aliphatic carbocycles. The van der Waals surface area contributed by atoms with Crippen LogP contribution in [0.5, 0.6) is 0 Å². The highest BCUT2D eigenvalue weighted by Crippen LogP contribution is 2.06. The van der Waals surface area contributed by atoms with Crippen molar-refractivity contribution in [1.29, 1.82) is 0 Å². The first-order chi connectivity index (χ1) is 10.3. The lowest BCUT2D eigenvalue weighted by atomic mass is 10.0. The van der Waals surface area contributed by atoms with Crippen molar-refractivity contribution in [3.63, 3.8) is 0 Å². The van der Waals surface area contributed by atoms with E-state index >= 15 is 0 Å². The minimum absolute atomic E-state index is 0.351. The fraction of sp³-hybridized carbons (Fsp3) is 0.500. The van der Waals surface area contributed by atoms with E-state index in [1.54, 1.807) is 20.8 Å². The van der Waals surface area contributed by atoms with Crippen LogP contribution >= 0.6 is 0 Å². The van der Waals surface area contributed by atoms with Gasteiger partial charge in [-0.25, -0.2) is 0 Å². The van der Waals surface area contributed by atoms with E-state index < -0.39 is 24.2 Å². The van der Waals surface area contributed by atoms with Gasteiger partial charge in [-0.05, 0) is 32.8 Å². The molecule has 1 rings (SSSR count). The molecule has 6 nitrogen and oxygen atoms in total. The van der Waals surface area contributed by atoms with Crippen molar-refractivity contribution in [2.45, 2.75) is 51.4 Å². The van der Waals surface area contributed by atoms with Crippen LogP contribution < -0.4 is 16.4 Å². The molecule has 0 radical (unpaired) electrons. The molecule has 0 saturated carbocycles. The number of hydrogen-bond acceptors (Lipinski definition) is 4. The number of hydrogen-bond donors (Lipinski definition) is 4. The third-order valence-corrected chi connectivity index (χ3v) is 3.37. The number of amides is 2. The molecule has 22 heavy (non-hydrogen) atoms. The predicted molar refractivity (Wildman–Crippen MR) is 85.0 cm³/mol. The smallest absolute Gasteiger partial charge is 0.242 e. The predicted octanol–water partition coefficient (Wildman–Crippen LogP) is -0.0534. The fourth-order valence-corrected chi connectivity index (χ4v) is 1.93. The van der Waals surface area contributed by atoms with Crippen molar-refractivity contribution in [3.05, 3.63) is 35.9 Å². The van der Waals surface area contributed by atoms with Crippen LogP contribution in [0.1, 0.15) is 26.3 Å². The van der Waals surface area contributed by atoms with Crippen molar-refractivity contribution in [3.8, 4) is 0 Å². The van der Waals surface area contributed by atoms with E-state index in [2.05, 4.69) is 10.6 Å². The number of carbonyl (C=O) groups excluding carboxylic acids is 2. The molecule has 5 N–H and O–H groups in total. The van der Waals surface area contributed by atoms with Gasteiger partial charge in [0.1, 0.15) is 6.04 Å². The molecule has 0 saturated heterocycles. The number of nitrogens with two attached hydrogens (primary N) is 1. The molecule has 0 aliphatic rings. The van der Waals surface area contributed by atoms with Gasteiger partial charge in [-0.3, -0.25) is 9.59 Å². The minimum atomic E-state index is -0.712. The number of nitrogens with one attached hydrogen (secondary N) is 2. The number of aliphatic hydroxyl groups excluding tert-OH is 1. The van der Waals surface area contributed by atoms with Gasteiger partial charge in [0.05, 0.1) is 18.2 Å². The van der Waals surface area contributed by atoms with Crippen molar-refractivity contribution < 1.29 is 14.7 Å². The molecule has 6 heteroatoms. The summed E-state index contributed by atoms with van der Waals surface area (Å²) in [4.78, 5) is 23.6. The molecule has 1 aromatic carbocycles. The summed E-state index contributed by atoms with van der Waals surface area (Å²) in [6.45, 7) is 4.75. The van der Waals surface area contributed by atoms with Crippen LogP contribution in [0, 0.1) is 0 Å². The van der Waals surface area contributed by atoms with Gasteiger partial charge >= 0.3 is 0 Å². The number of carbonyl (C=O) groups is 2. The molecule has 0 aliphatic heterocycles. The van der Waals surface area contributed by atoms with Gasteiger partial charge in [-0.1, -0.05) is 30.3 Å². The van der Waals surface area contributed by atoms with Gasteiger partial charge in [0.25, 0.3) is 0 Å². The standard InChI is InChI=1S/C16H25N3O3/c1-10(17)15(21)18-11(2)16(22)19-14(12(3)20)9-13-7-5-4-6-8-13/h4-8,10-12,14,20H,9,17H2,1-3H3,(H,18,21)(H,19,22). The van der Waals surface area contributed by atoms with Crippen LogP contribution in [-0.2, 0) is 16.0 Å². The van der Waals surface area contributed by atoms with Crippen LogP contribution in [0.4, 0.5) is 0 Å². The minimum Gasteiger partial charge on any atom is -0.391 e. The molecule has 0 heterocycles. The zero-order chi connectivity index (χ0) is 16.7. The van der Waals surface area contributed by atoms with Gasteiger partial charge < -0.3 is 21.5 Å². The molecule has 0 aromatic heterocycles. The molecule has 2 amide bonds. The summed E-state index contributed by atoms with van der Waals surface area (Å²) >= 11 is 0. The summed E-state index contributed by atoms with van der Waals surface area (Å²) in [6.07, 6.45) is -0.196. The monoisotopic (exact) mass is 307 g/mol. The van der Waals surface area contributed by atoms with Crippen LogP contribution in [0.25, 0.3) is 0 Å². The second-order valence-electron chi connectivity index (χ2n) is 5.56. The van der Waals surface area contributed by atoms with E-state index in [4.69, 9.17) is 5.73 Å². The Bertz CT molecular complexity index is 489. The highest BCUT2D eigenvalue weighted by molar-refractivity contribution is 5.89. The van der Waals surface area contributed by atoms with Gasteiger partial charge in [-0.2, -0.15) is 0 Å². The molecule has 4 unspecified atom stereocenters. The Kier molecular flexibility index (Phi) is 7.01. The molecule has 0 fully saturated rings. The second kappa shape index (κ2) is 8.51. The summed E-state index contributed by atoms with van der Waals surface area (Å²) in [6, 6.07) is 7.77. The first-order valence-electron chi connectivity index (χ1n) is 7.39. The average Bonchev–Trinajstić information content (AvgIpc) is 2.47. The molecular formula is C16H25N3O3. The Labute approximate surface area is 131 Å². The summed E-state index contributed by atoms with van der Waals surface area (Å²) in [5.41, 5.74) is 6.47. The lowest BCUT2D eigenvalue weighted by Gasteiger charge is -2.24. The lowest BCUT2D eigenvalue weighted by molar-refractivity contribution is -0.129. The maximum Gasteiger partial charge on any atom is 0.242 e. The average molecular weight is 307 g/mol. The van der Waals surface area contributed by atoms with Gasteiger partial charge in [0.2, 0.25) is 11.8 Å². The van der Waals surface area contributed by atoms with E-state index in [0.717, 1.165) is 5.56 Å². The van der Waals surface area contributed by atoms with Crippen molar-refractivity contribution >= 4 is 11.8 Å². The number of aliphatic hydroxyl groups is 1. The van der Waals surface area contributed by atoms with Crippen molar-refractivity contribution in [1.82, 2.24) is 10.6 Å². The Hall–Kier alpha value is -1.92.